The lowest BCUT2D eigenvalue weighted by Crippen LogP contribution is -2.28. The molecule has 3 heteroatoms. The summed E-state index contributed by atoms with van der Waals surface area (Å²) in [5.74, 6) is 0. The van der Waals surface area contributed by atoms with Gasteiger partial charge in [-0.25, -0.2) is 0 Å². The maximum absolute atomic E-state index is 6.10. The van der Waals surface area contributed by atoms with Crippen LogP contribution in [0.1, 0.15) is 19.8 Å². The largest absolute Gasteiger partial charge is 0.362 e. The first-order valence-electron chi connectivity index (χ1n) is 4.02. The summed E-state index contributed by atoms with van der Waals surface area (Å²) in [4.78, 5) is 4.26. The number of rotatable bonds is 3. The number of hydrogen-bond donors (Lipinski definition) is 0. The van der Waals surface area contributed by atoms with Crippen molar-refractivity contribution in [2.75, 3.05) is 13.7 Å². The van der Waals surface area contributed by atoms with E-state index in [1.807, 2.05) is 19.4 Å². The molecule has 0 aromatic rings. The summed E-state index contributed by atoms with van der Waals surface area (Å²) in [6.45, 7) is 3.08. The monoisotopic (exact) mass is 174 g/mol. The highest BCUT2D eigenvalue weighted by Crippen LogP contribution is 2.15. The Bertz CT molecular complexity index is 147. The third kappa shape index (κ3) is 2.29. The molecule has 0 aliphatic carbocycles. The topological polar surface area (TPSA) is 6.48 Å². The summed E-state index contributed by atoms with van der Waals surface area (Å²) >= 11 is 6.10. The highest BCUT2D eigenvalue weighted by Gasteiger charge is 2.15. The minimum absolute atomic E-state index is 0.168. The van der Waals surface area contributed by atoms with Gasteiger partial charge in [-0.3, -0.25) is 0 Å². The molecular formula is C8H15ClN2. The Labute approximate surface area is 73.4 Å². The molecular weight excluding hydrogens is 160 g/mol. The molecule has 0 fully saturated rings. The van der Waals surface area contributed by atoms with Crippen LogP contribution in [0.4, 0.5) is 0 Å². The smallest absolute Gasteiger partial charge is 0.105 e. The fraction of sp³-hybridized carbons (Fsp3) is 0.750. The number of halogens is 1. The van der Waals surface area contributed by atoms with Crippen molar-refractivity contribution in [1.82, 2.24) is 9.80 Å². The van der Waals surface area contributed by atoms with E-state index in [2.05, 4.69) is 16.7 Å². The van der Waals surface area contributed by atoms with Crippen LogP contribution in [0.15, 0.2) is 12.4 Å². The van der Waals surface area contributed by atoms with Crippen molar-refractivity contribution in [3.8, 4) is 0 Å². The van der Waals surface area contributed by atoms with Crippen molar-refractivity contribution in [2.24, 2.45) is 0 Å². The zero-order valence-corrected chi connectivity index (χ0v) is 7.88. The summed E-state index contributed by atoms with van der Waals surface area (Å²) in [7, 11) is 2.05. The van der Waals surface area contributed by atoms with E-state index < -0.39 is 0 Å². The van der Waals surface area contributed by atoms with Crippen LogP contribution in [0.5, 0.6) is 0 Å². The van der Waals surface area contributed by atoms with E-state index in [4.69, 9.17) is 11.6 Å². The SMILES string of the molecule is CCCC(Cl)N1C=CN(C)C1. The molecule has 1 aliphatic rings. The Morgan fingerprint density at radius 2 is 2.27 bits per heavy atom. The second-order valence-electron chi connectivity index (χ2n) is 2.93. The van der Waals surface area contributed by atoms with E-state index in [0.29, 0.717) is 0 Å². The second-order valence-corrected chi connectivity index (χ2v) is 3.44. The van der Waals surface area contributed by atoms with Crippen molar-refractivity contribution >= 4 is 11.6 Å². The number of nitrogens with zero attached hydrogens (tertiary/aromatic N) is 2. The van der Waals surface area contributed by atoms with Crippen molar-refractivity contribution in [3.63, 3.8) is 0 Å². The van der Waals surface area contributed by atoms with Gasteiger partial charge in [0.1, 0.15) is 5.50 Å². The minimum Gasteiger partial charge on any atom is -0.362 e. The molecule has 1 unspecified atom stereocenters. The van der Waals surface area contributed by atoms with E-state index in [1.165, 1.54) is 0 Å². The number of hydrogen-bond acceptors (Lipinski definition) is 2. The molecule has 0 bridgehead atoms. The van der Waals surface area contributed by atoms with Gasteiger partial charge in [-0.05, 0) is 6.42 Å². The summed E-state index contributed by atoms with van der Waals surface area (Å²) in [6.07, 6.45) is 6.29. The Balaban J connectivity index is 2.32. The molecule has 0 aromatic carbocycles. The van der Waals surface area contributed by atoms with E-state index in [1.54, 1.807) is 0 Å². The zero-order valence-electron chi connectivity index (χ0n) is 7.13. The highest BCUT2D eigenvalue weighted by molar-refractivity contribution is 6.20. The first-order valence-corrected chi connectivity index (χ1v) is 4.46. The van der Waals surface area contributed by atoms with Crippen LogP contribution in [-0.4, -0.2) is 29.0 Å². The third-order valence-corrected chi connectivity index (χ3v) is 2.25. The standard InChI is InChI=1S/C8H15ClN2/c1-3-4-8(9)11-6-5-10(2)7-11/h5-6,8H,3-4,7H2,1-2H3. The fourth-order valence-corrected chi connectivity index (χ4v) is 1.48. The second kappa shape index (κ2) is 3.86. The van der Waals surface area contributed by atoms with Crippen LogP contribution in [0.3, 0.4) is 0 Å². The van der Waals surface area contributed by atoms with Gasteiger partial charge in [0.05, 0.1) is 6.67 Å². The van der Waals surface area contributed by atoms with Crippen molar-refractivity contribution < 1.29 is 0 Å². The van der Waals surface area contributed by atoms with Gasteiger partial charge < -0.3 is 9.80 Å². The molecule has 1 heterocycles. The third-order valence-electron chi connectivity index (χ3n) is 1.79. The average molecular weight is 175 g/mol. The molecule has 64 valence electrons. The van der Waals surface area contributed by atoms with Crippen LogP contribution in [0.2, 0.25) is 0 Å². The van der Waals surface area contributed by atoms with E-state index in [9.17, 15) is 0 Å². The zero-order chi connectivity index (χ0) is 8.27. The van der Waals surface area contributed by atoms with Gasteiger partial charge in [-0.15, -0.1) is 0 Å². The number of alkyl halides is 1. The molecule has 0 saturated heterocycles. The summed E-state index contributed by atoms with van der Waals surface area (Å²) in [6, 6.07) is 0. The van der Waals surface area contributed by atoms with Gasteiger partial charge in [-0.1, -0.05) is 24.9 Å². The molecule has 0 spiro atoms. The van der Waals surface area contributed by atoms with Crippen LogP contribution in [-0.2, 0) is 0 Å². The maximum Gasteiger partial charge on any atom is 0.105 e. The van der Waals surface area contributed by atoms with Gasteiger partial charge in [-0.2, -0.15) is 0 Å². The van der Waals surface area contributed by atoms with E-state index >= 15 is 0 Å². The van der Waals surface area contributed by atoms with Crippen LogP contribution in [0.25, 0.3) is 0 Å². The van der Waals surface area contributed by atoms with Crippen molar-refractivity contribution in [2.45, 2.75) is 25.3 Å². The molecule has 1 rings (SSSR count). The van der Waals surface area contributed by atoms with Crippen molar-refractivity contribution in [1.29, 1.82) is 0 Å². The molecule has 1 aliphatic heterocycles. The first kappa shape index (κ1) is 8.72. The van der Waals surface area contributed by atoms with E-state index in [-0.39, 0.29) is 5.50 Å². The van der Waals surface area contributed by atoms with Gasteiger partial charge in [0.25, 0.3) is 0 Å². The highest BCUT2D eigenvalue weighted by atomic mass is 35.5. The summed E-state index contributed by atoms with van der Waals surface area (Å²) in [5, 5.41) is 0. The summed E-state index contributed by atoms with van der Waals surface area (Å²) < 4.78 is 0. The molecule has 0 radical (unpaired) electrons. The molecule has 0 amide bonds. The molecule has 0 aromatic heterocycles. The molecule has 0 saturated carbocycles. The van der Waals surface area contributed by atoms with Crippen molar-refractivity contribution in [3.05, 3.63) is 12.4 Å². The van der Waals surface area contributed by atoms with Crippen LogP contribution < -0.4 is 0 Å². The quantitative estimate of drug-likeness (QED) is 0.477. The minimum atomic E-state index is 0.168. The molecule has 11 heavy (non-hydrogen) atoms. The van der Waals surface area contributed by atoms with Gasteiger partial charge in [0, 0.05) is 19.4 Å². The maximum atomic E-state index is 6.10. The Morgan fingerprint density at radius 3 is 2.73 bits per heavy atom. The Kier molecular flexibility index (Phi) is 3.06. The Hall–Kier alpha value is -0.370. The van der Waals surface area contributed by atoms with E-state index in [0.717, 1.165) is 19.5 Å². The molecule has 0 N–H and O–H groups in total. The van der Waals surface area contributed by atoms with Gasteiger partial charge >= 0.3 is 0 Å². The van der Waals surface area contributed by atoms with Gasteiger partial charge in [0.15, 0.2) is 0 Å². The fourth-order valence-electron chi connectivity index (χ4n) is 1.14. The molecule has 1 atom stereocenters. The predicted molar refractivity (Wildman–Crippen MR) is 48.2 cm³/mol. The molecule has 2 nitrogen and oxygen atoms in total. The lowest BCUT2D eigenvalue weighted by molar-refractivity contribution is 0.270. The average Bonchev–Trinajstić information content (AvgIpc) is 2.36. The van der Waals surface area contributed by atoms with Gasteiger partial charge in [0.2, 0.25) is 0 Å². The Morgan fingerprint density at radius 1 is 1.55 bits per heavy atom. The predicted octanol–water partition coefficient (Wildman–Crippen LogP) is 2.03. The van der Waals surface area contributed by atoms with Crippen LogP contribution >= 0.6 is 11.6 Å². The lowest BCUT2D eigenvalue weighted by atomic mass is 10.3. The van der Waals surface area contributed by atoms with Crippen LogP contribution in [0, 0.1) is 0 Å². The lowest BCUT2D eigenvalue weighted by Gasteiger charge is -2.23. The normalized spacial score (nSPS) is 19.5. The first-order chi connectivity index (χ1) is 5.24. The summed E-state index contributed by atoms with van der Waals surface area (Å²) in [5.41, 5.74) is 0.168.